The molecule has 162 valence electrons. The molecule has 2 aromatic heterocycles. The molecule has 0 radical (unpaired) electrons. The minimum Gasteiger partial charge on any atom is -0.475 e. The minimum atomic E-state index is -0.411. The lowest BCUT2D eigenvalue weighted by Gasteiger charge is -2.32. The summed E-state index contributed by atoms with van der Waals surface area (Å²) in [6, 6.07) is 7.47. The number of fused-ring (bicyclic) bond motifs is 1. The molecule has 1 saturated heterocycles. The van der Waals surface area contributed by atoms with E-state index in [1.807, 2.05) is 18.7 Å². The summed E-state index contributed by atoms with van der Waals surface area (Å²) in [4.78, 5) is 35.7. The highest BCUT2D eigenvalue weighted by Crippen LogP contribution is 2.21. The molecule has 0 atom stereocenters. The minimum absolute atomic E-state index is 0.0274. The van der Waals surface area contributed by atoms with Crippen LogP contribution in [0.4, 0.5) is 4.39 Å². The molecule has 0 bridgehead atoms. The number of hydrogen-bond acceptors (Lipinski definition) is 5. The average Bonchev–Trinajstić information content (AvgIpc) is 2.76. The second-order valence-corrected chi connectivity index (χ2v) is 8.15. The summed E-state index contributed by atoms with van der Waals surface area (Å²) in [5, 5.41) is 0.411. The van der Waals surface area contributed by atoms with E-state index in [4.69, 9.17) is 4.74 Å². The Morgan fingerprint density at radius 2 is 1.97 bits per heavy atom. The number of pyridine rings is 1. The Kier molecular flexibility index (Phi) is 5.97. The van der Waals surface area contributed by atoms with Crippen molar-refractivity contribution in [3.63, 3.8) is 0 Å². The Balaban J connectivity index is 1.37. The van der Waals surface area contributed by atoms with Crippen molar-refractivity contribution in [2.45, 2.75) is 39.3 Å². The third-order valence-electron chi connectivity index (χ3n) is 5.48. The topological polar surface area (TPSA) is 77.3 Å². The van der Waals surface area contributed by atoms with Gasteiger partial charge in [0.15, 0.2) is 0 Å². The van der Waals surface area contributed by atoms with Gasteiger partial charge in [-0.25, -0.2) is 14.4 Å². The van der Waals surface area contributed by atoms with Gasteiger partial charge < -0.3 is 9.64 Å². The van der Waals surface area contributed by atoms with Crippen molar-refractivity contribution < 1.29 is 13.9 Å². The van der Waals surface area contributed by atoms with E-state index in [-0.39, 0.29) is 23.5 Å². The number of carbonyl (C=O) groups is 1. The molecular weight excluding hydrogens is 399 g/mol. The molecule has 0 unspecified atom stereocenters. The van der Waals surface area contributed by atoms with Crippen LogP contribution in [-0.4, -0.2) is 44.5 Å². The van der Waals surface area contributed by atoms with Crippen LogP contribution in [0, 0.1) is 11.7 Å². The fourth-order valence-corrected chi connectivity index (χ4v) is 3.86. The number of nitrogens with zero attached hydrogens (tertiary/aromatic N) is 4. The second-order valence-electron chi connectivity index (χ2n) is 8.15. The van der Waals surface area contributed by atoms with Gasteiger partial charge >= 0.3 is 0 Å². The fourth-order valence-electron chi connectivity index (χ4n) is 3.86. The molecule has 1 amide bonds. The fraction of sp³-hybridized carbons (Fsp3) is 0.391. The van der Waals surface area contributed by atoms with Crippen LogP contribution in [0.2, 0.25) is 0 Å². The van der Waals surface area contributed by atoms with Gasteiger partial charge in [-0.2, -0.15) is 0 Å². The summed E-state index contributed by atoms with van der Waals surface area (Å²) in [6.45, 7) is 5.62. The maximum absolute atomic E-state index is 13.3. The molecule has 31 heavy (non-hydrogen) atoms. The van der Waals surface area contributed by atoms with E-state index in [1.165, 1.54) is 24.5 Å². The maximum atomic E-state index is 13.3. The lowest BCUT2D eigenvalue weighted by Crippen LogP contribution is -2.40. The molecule has 0 N–H and O–H groups in total. The van der Waals surface area contributed by atoms with Crippen molar-refractivity contribution in [1.29, 1.82) is 0 Å². The molecule has 1 fully saturated rings. The van der Waals surface area contributed by atoms with Crippen molar-refractivity contribution in [3.8, 4) is 5.88 Å². The SMILES string of the molecule is CC(C)Oc1ccc(C(=O)N2CCC(Cn3cnc4cc(F)ccc4c3=O)CC2)cn1. The zero-order chi connectivity index (χ0) is 22.0. The molecule has 0 spiro atoms. The van der Waals surface area contributed by atoms with Gasteiger partial charge in [-0.3, -0.25) is 14.2 Å². The summed E-state index contributed by atoms with van der Waals surface area (Å²) >= 11 is 0. The number of rotatable bonds is 5. The van der Waals surface area contributed by atoms with Gasteiger partial charge in [0.2, 0.25) is 5.88 Å². The highest BCUT2D eigenvalue weighted by Gasteiger charge is 2.24. The lowest BCUT2D eigenvalue weighted by molar-refractivity contribution is 0.0682. The monoisotopic (exact) mass is 424 g/mol. The zero-order valence-electron chi connectivity index (χ0n) is 17.6. The Morgan fingerprint density at radius 3 is 2.65 bits per heavy atom. The predicted octanol–water partition coefficient (Wildman–Crippen LogP) is 3.27. The number of hydrogen-bond donors (Lipinski definition) is 0. The Labute approximate surface area is 179 Å². The second kappa shape index (κ2) is 8.83. The van der Waals surface area contributed by atoms with Crippen LogP contribution in [0.3, 0.4) is 0 Å². The number of likely N-dealkylation sites (tertiary alicyclic amines) is 1. The van der Waals surface area contributed by atoms with E-state index >= 15 is 0 Å². The van der Waals surface area contributed by atoms with Gasteiger partial charge in [0, 0.05) is 38.0 Å². The Hall–Kier alpha value is -3.29. The summed E-state index contributed by atoms with van der Waals surface area (Å²) in [5.74, 6) is 0.309. The van der Waals surface area contributed by atoms with Crippen LogP contribution in [0.25, 0.3) is 10.9 Å². The number of ether oxygens (including phenoxy) is 1. The van der Waals surface area contributed by atoms with E-state index in [0.29, 0.717) is 42.0 Å². The van der Waals surface area contributed by atoms with Gasteiger partial charge in [0.1, 0.15) is 5.82 Å². The first kappa shape index (κ1) is 21.0. The highest BCUT2D eigenvalue weighted by molar-refractivity contribution is 5.94. The number of halogens is 1. The van der Waals surface area contributed by atoms with Crippen LogP contribution >= 0.6 is 0 Å². The Morgan fingerprint density at radius 1 is 1.19 bits per heavy atom. The van der Waals surface area contributed by atoms with E-state index < -0.39 is 5.82 Å². The van der Waals surface area contributed by atoms with Crippen molar-refractivity contribution in [2.75, 3.05) is 13.1 Å². The van der Waals surface area contributed by atoms with Gasteiger partial charge in [0.05, 0.1) is 28.9 Å². The summed E-state index contributed by atoms with van der Waals surface area (Å²) in [5.41, 5.74) is 0.732. The first-order valence-electron chi connectivity index (χ1n) is 10.5. The highest BCUT2D eigenvalue weighted by atomic mass is 19.1. The van der Waals surface area contributed by atoms with Crippen molar-refractivity contribution in [3.05, 3.63) is 64.6 Å². The number of amides is 1. The third kappa shape index (κ3) is 4.73. The van der Waals surface area contributed by atoms with Crippen molar-refractivity contribution >= 4 is 16.8 Å². The van der Waals surface area contributed by atoms with Gasteiger partial charge in [-0.15, -0.1) is 0 Å². The average molecular weight is 424 g/mol. The maximum Gasteiger partial charge on any atom is 0.261 e. The first-order chi connectivity index (χ1) is 14.9. The van der Waals surface area contributed by atoms with Crippen LogP contribution in [0.15, 0.2) is 47.7 Å². The van der Waals surface area contributed by atoms with E-state index in [9.17, 15) is 14.0 Å². The third-order valence-corrected chi connectivity index (χ3v) is 5.48. The summed E-state index contributed by atoms with van der Waals surface area (Å²) in [7, 11) is 0. The predicted molar refractivity (Wildman–Crippen MR) is 115 cm³/mol. The molecule has 8 heteroatoms. The molecule has 7 nitrogen and oxygen atoms in total. The smallest absolute Gasteiger partial charge is 0.261 e. The largest absolute Gasteiger partial charge is 0.475 e. The van der Waals surface area contributed by atoms with Crippen LogP contribution < -0.4 is 10.3 Å². The van der Waals surface area contributed by atoms with Crippen molar-refractivity contribution in [2.24, 2.45) is 5.92 Å². The van der Waals surface area contributed by atoms with E-state index in [2.05, 4.69) is 9.97 Å². The molecule has 0 saturated carbocycles. The van der Waals surface area contributed by atoms with Crippen LogP contribution in [0.1, 0.15) is 37.0 Å². The van der Waals surface area contributed by atoms with Gasteiger partial charge in [-0.1, -0.05) is 0 Å². The molecular formula is C23H25FN4O3. The van der Waals surface area contributed by atoms with Crippen LogP contribution in [-0.2, 0) is 6.54 Å². The number of piperidine rings is 1. The van der Waals surface area contributed by atoms with E-state index in [1.54, 1.807) is 22.9 Å². The number of benzene rings is 1. The van der Waals surface area contributed by atoms with Crippen LogP contribution in [0.5, 0.6) is 5.88 Å². The molecule has 1 aliphatic rings. The lowest BCUT2D eigenvalue weighted by atomic mass is 9.96. The molecule has 3 aromatic rings. The quantitative estimate of drug-likeness (QED) is 0.628. The normalized spacial score (nSPS) is 14.9. The molecule has 1 aliphatic heterocycles. The Bertz CT molecular complexity index is 1140. The van der Waals surface area contributed by atoms with E-state index in [0.717, 1.165) is 12.8 Å². The molecule has 1 aromatic carbocycles. The summed E-state index contributed by atoms with van der Waals surface area (Å²) < 4.78 is 20.4. The molecule has 3 heterocycles. The first-order valence-corrected chi connectivity index (χ1v) is 10.5. The number of aromatic nitrogens is 3. The standard InChI is InChI=1S/C23H25FN4O3/c1-15(2)31-21-6-3-17(12-25-21)22(29)27-9-7-16(8-10-27)13-28-14-26-20-11-18(24)4-5-19(20)23(28)30/h3-6,11-12,14-16H,7-10,13H2,1-2H3. The number of carbonyl (C=O) groups excluding carboxylic acids is 1. The molecule has 0 aliphatic carbocycles. The molecule has 4 rings (SSSR count). The van der Waals surface area contributed by atoms with Crippen molar-refractivity contribution in [1.82, 2.24) is 19.4 Å². The van der Waals surface area contributed by atoms with Gasteiger partial charge in [-0.05, 0) is 50.8 Å². The zero-order valence-corrected chi connectivity index (χ0v) is 17.6. The summed E-state index contributed by atoms with van der Waals surface area (Å²) in [6.07, 6.45) is 4.65. The van der Waals surface area contributed by atoms with Gasteiger partial charge in [0.25, 0.3) is 11.5 Å².